The van der Waals surface area contributed by atoms with Crippen LogP contribution in [0.4, 0.5) is 13.2 Å². The monoisotopic (exact) mass is 429 g/mol. The van der Waals surface area contributed by atoms with E-state index in [9.17, 15) is 18.0 Å². The number of carbonyl (C=O) groups excluding carboxylic acids is 1. The van der Waals surface area contributed by atoms with Gasteiger partial charge in [-0.3, -0.25) is 9.78 Å². The number of benzene rings is 2. The van der Waals surface area contributed by atoms with Crippen LogP contribution < -0.4 is 10.5 Å². The van der Waals surface area contributed by atoms with E-state index in [0.717, 1.165) is 29.7 Å². The summed E-state index contributed by atoms with van der Waals surface area (Å²) in [6, 6.07) is 14.0. The average Bonchev–Trinajstić information content (AvgIpc) is 2.77. The number of nitrogens with zero attached hydrogens (tertiary/aromatic N) is 2. The molecule has 1 aliphatic rings. The third-order valence-corrected chi connectivity index (χ3v) is 5.59. The van der Waals surface area contributed by atoms with Crippen LogP contribution in [0.2, 0.25) is 0 Å². The lowest BCUT2D eigenvalue weighted by Crippen LogP contribution is -2.49. The van der Waals surface area contributed by atoms with Gasteiger partial charge in [0, 0.05) is 18.1 Å². The lowest BCUT2D eigenvalue weighted by molar-refractivity contribution is -0.274. The first-order valence-corrected chi connectivity index (χ1v) is 10.1. The molecule has 1 aromatic heterocycles. The van der Waals surface area contributed by atoms with Gasteiger partial charge in [0.2, 0.25) is 0 Å². The van der Waals surface area contributed by atoms with Crippen molar-refractivity contribution in [3.63, 3.8) is 0 Å². The highest BCUT2D eigenvalue weighted by atomic mass is 19.4. The summed E-state index contributed by atoms with van der Waals surface area (Å²) in [6.07, 6.45) is -0.951. The Hall–Kier alpha value is -3.13. The summed E-state index contributed by atoms with van der Waals surface area (Å²) >= 11 is 0. The second kappa shape index (κ2) is 8.55. The topological polar surface area (TPSA) is 68.5 Å². The van der Waals surface area contributed by atoms with E-state index in [-0.39, 0.29) is 5.56 Å². The molecule has 2 atom stereocenters. The van der Waals surface area contributed by atoms with Gasteiger partial charge in [-0.25, -0.2) is 0 Å². The van der Waals surface area contributed by atoms with Crippen molar-refractivity contribution in [3.8, 4) is 5.75 Å². The average molecular weight is 429 g/mol. The maximum Gasteiger partial charge on any atom is 0.573 e. The number of ether oxygens (including phenoxy) is 1. The minimum Gasteiger partial charge on any atom is -0.405 e. The molecule has 5 nitrogen and oxygen atoms in total. The first kappa shape index (κ1) is 21.1. The number of para-hydroxylation sites is 1. The first-order chi connectivity index (χ1) is 14.8. The SMILES string of the molecule is NC(c1nccc2ccccc12)C1CCCCN1C(=O)c1ccccc1OC(F)(F)F. The Morgan fingerprint density at radius 1 is 1.10 bits per heavy atom. The summed E-state index contributed by atoms with van der Waals surface area (Å²) in [5.74, 6) is -1.04. The molecule has 0 aliphatic carbocycles. The normalized spacial score (nSPS) is 18.1. The molecule has 2 N–H and O–H groups in total. The predicted molar refractivity (Wildman–Crippen MR) is 110 cm³/mol. The van der Waals surface area contributed by atoms with Gasteiger partial charge >= 0.3 is 6.36 Å². The van der Waals surface area contributed by atoms with Crippen LogP contribution in [0.25, 0.3) is 10.8 Å². The Kier molecular flexibility index (Phi) is 5.82. The Morgan fingerprint density at radius 2 is 1.84 bits per heavy atom. The molecule has 31 heavy (non-hydrogen) atoms. The third-order valence-electron chi connectivity index (χ3n) is 5.59. The Bertz CT molecular complexity index is 1080. The number of amides is 1. The number of hydrogen-bond donors (Lipinski definition) is 1. The Labute approximate surface area is 177 Å². The molecule has 0 saturated carbocycles. The van der Waals surface area contributed by atoms with Gasteiger partial charge in [0.05, 0.1) is 23.3 Å². The summed E-state index contributed by atoms with van der Waals surface area (Å²) < 4.78 is 42.6. The van der Waals surface area contributed by atoms with Gasteiger partial charge in [-0.15, -0.1) is 13.2 Å². The van der Waals surface area contributed by atoms with Gasteiger partial charge in [0.25, 0.3) is 5.91 Å². The van der Waals surface area contributed by atoms with Gasteiger partial charge in [-0.05, 0) is 42.8 Å². The highest BCUT2D eigenvalue weighted by Gasteiger charge is 2.37. The van der Waals surface area contributed by atoms with Crippen molar-refractivity contribution in [3.05, 3.63) is 72.1 Å². The number of hydrogen-bond acceptors (Lipinski definition) is 4. The minimum atomic E-state index is -4.89. The van der Waals surface area contributed by atoms with Crippen molar-refractivity contribution in [1.82, 2.24) is 9.88 Å². The molecule has 1 amide bonds. The van der Waals surface area contributed by atoms with E-state index < -0.39 is 30.1 Å². The zero-order chi connectivity index (χ0) is 22.0. The van der Waals surface area contributed by atoms with E-state index in [4.69, 9.17) is 5.73 Å². The Balaban J connectivity index is 1.68. The number of pyridine rings is 1. The van der Waals surface area contributed by atoms with Crippen LogP contribution in [0.5, 0.6) is 5.75 Å². The van der Waals surface area contributed by atoms with Crippen LogP contribution in [-0.2, 0) is 0 Å². The number of piperidine rings is 1. The minimum absolute atomic E-state index is 0.134. The van der Waals surface area contributed by atoms with Crippen molar-refractivity contribution in [2.24, 2.45) is 5.73 Å². The lowest BCUT2D eigenvalue weighted by atomic mass is 9.91. The summed E-state index contributed by atoms with van der Waals surface area (Å²) in [5, 5.41) is 1.89. The van der Waals surface area contributed by atoms with Gasteiger partial charge in [-0.2, -0.15) is 0 Å². The van der Waals surface area contributed by atoms with E-state index in [1.165, 1.54) is 18.2 Å². The number of aromatic nitrogens is 1. The maximum absolute atomic E-state index is 13.3. The second-order valence-electron chi connectivity index (χ2n) is 7.55. The maximum atomic E-state index is 13.3. The third kappa shape index (κ3) is 4.49. The van der Waals surface area contributed by atoms with Crippen molar-refractivity contribution in [2.45, 2.75) is 37.7 Å². The van der Waals surface area contributed by atoms with Crippen LogP contribution in [0.3, 0.4) is 0 Å². The molecule has 0 bridgehead atoms. The van der Waals surface area contributed by atoms with Gasteiger partial charge < -0.3 is 15.4 Å². The molecule has 2 unspecified atom stereocenters. The van der Waals surface area contributed by atoms with Gasteiger partial charge in [-0.1, -0.05) is 36.4 Å². The number of rotatable bonds is 4. The van der Waals surface area contributed by atoms with Crippen molar-refractivity contribution in [2.75, 3.05) is 6.54 Å². The fourth-order valence-electron chi connectivity index (χ4n) is 4.19. The quantitative estimate of drug-likeness (QED) is 0.645. The highest BCUT2D eigenvalue weighted by Crippen LogP contribution is 2.33. The smallest absolute Gasteiger partial charge is 0.405 e. The molecule has 0 radical (unpaired) electrons. The molecule has 3 aromatic rings. The van der Waals surface area contributed by atoms with Crippen LogP contribution in [-0.4, -0.2) is 34.7 Å². The fourth-order valence-corrected chi connectivity index (χ4v) is 4.19. The summed E-state index contributed by atoms with van der Waals surface area (Å²) in [6.45, 7) is 0.405. The molecule has 162 valence electrons. The van der Waals surface area contributed by atoms with Crippen LogP contribution in [0.1, 0.15) is 41.4 Å². The van der Waals surface area contributed by atoms with Crippen LogP contribution in [0, 0.1) is 0 Å². The summed E-state index contributed by atoms with van der Waals surface area (Å²) in [7, 11) is 0. The largest absolute Gasteiger partial charge is 0.573 e. The number of alkyl halides is 3. The molecular formula is C23H22F3N3O2. The zero-order valence-electron chi connectivity index (χ0n) is 16.7. The molecule has 8 heteroatoms. The molecule has 1 fully saturated rings. The van der Waals surface area contributed by atoms with E-state index in [1.54, 1.807) is 11.1 Å². The van der Waals surface area contributed by atoms with Crippen molar-refractivity contribution >= 4 is 16.7 Å². The van der Waals surface area contributed by atoms with Crippen molar-refractivity contribution in [1.29, 1.82) is 0 Å². The standard InChI is InChI=1S/C23H22F3N3O2/c24-23(25,26)31-19-11-4-3-9-17(19)22(30)29-14-6-5-10-18(29)20(27)21-16-8-2-1-7-15(16)12-13-28-21/h1-4,7-9,11-13,18,20H,5-6,10,14,27H2. The van der Waals surface area contributed by atoms with E-state index in [1.807, 2.05) is 30.3 Å². The number of likely N-dealkylation sites (tertiary alicyclic amines) is 1. The van der Waals surface area contributed by atoms with E-state index in [2.05, 4.69) is 9.72 Å². The zero-order valence-corrected chi connectivity index (χ0v) is 16.7. The second-order valence-corrected chi connectivity index (χ2v) is 7.55. The Morgan fingerprint density at radius 3 is 2.65 bits per heavy atom. The van der Waals surface area contributed by atoms with Gasteiger partial charge in [0.15, 0.2) is 0 Å². The first-order valence-electron chi connectivity index (χ1n) is 10.1. The summed E-state index contributed by atoms with van der Waals surface area (Å²) in [4.78, 5) is 19.4. The van der Waals surface area contributed by atoms with E-state index in [0.29, 0.717) is 18.7 Å². The molecule has 2 heterocycles. The molecule has 2 aromatic carbocycles. The van der Waals surface area contributed by atoms with Crippen LogP contribution >= 0.6 is 0 Å². The predicted octanol–water partition coefficient (Wildman–Crippen LogP) is 4.83. The summed E-state index contributed by atoms with van der Waals surface area (Å²) in [5.41, 5.74) is 7.15. The van der Waals surface area contributed by atoms with Crippen molar-refractivity contribution < 1.29 is 22.7 Å². The fraction of sp³-hybridized carbons (Fsp3) is 0.304. The van der Waals surface area contributed by atoms with E-state index >= 15 is 0 Å². The number of halogens is 3. The number of fused-ring (bicyclic) bond motifs is 1. The van der Waals surface area contributed by atoms with Crippen LogP contribution in [0.15, 0.2) is 60.8 Å². The lowest BCUT2D eigenvalue weighted by Gasteiger charge is -2.39. The molecule has 1 aliphatic heterocycles. The number of carbonyl (C=O) groups is 1. The number of nitrogens with two attached hydrogens (primary N) is 1. The van der Waals surface area contributed by atoms with Gasteiger partial charge in [0.1, 0.15) is 5.75 Å². The molecular weight excluding hydrogens is 407 g/mol. The highest BCUT2D eigenvalue weighted by molar-refractivity contribution is 5.97. The molecule has 1 saturated heterocycles. The molecule has 4 rings (SSSR count). The molecule has 0 spiro atoms.